The smallest absolute Gasteiger partial charge is 0.159 e. The van der Waals surface area contributed by atoms with Crippen molar-refractivity contribution in [1.82, 2.24) is 0 Å². The number of hydrogen-bond donors (Lipinski definition) is 0. The highest BCUT2D eigenvalue weighted by molar-refractivity contribution is 6.29. The molecule has 2 fully saturated rings. The maximum absolute atomic E-state index is 7.04. The van der Waals surface area contributed by atoms with Gasteiger partial charge < -0.3 is 18.6 Å². The van der Waals surface area contributed by atoms with E-state index in [2.05, 4.69) is 194 Å². The molecule has 0 bridgehead atoms. The van der Waals surface area contributed by atoms with Crippen molar-refractivity contribution >= 4 is 110 Å². The van der Waals surface area contributed by atoms with Crippen LogP contribution in [0.25, 0.3) is 76.2 Å². The van der Waals surface area contributed by atoms with Gasteiger partial charge in [0.2, 0.25) is 0 Å². The Morgan fingerprint density at radius 3 is 1.30 bits per heavy atom. The topological polar surface area (TPSA) is 32.8 Å². The quantitative estimate of drug-likeness (QED) is 0.135. The van der Waals surface area contributed by atoms with Crippen molar-refractivity contribution in [3.05, 3.63) is 192 Å². The Bertz CT molecular complexity index is 3960. The van der Waals surface area contributed by atoms with Crippen molar-refractivity contribution < 1.29 is 8.83 Å². The predicted molar refractivity (Wildman–Crippen MR) is 300 cm³/mol. The average Bonchev–Trinajstić information content (AvgIpc) is 4.03. The zero-order valence-corrected chi connectivity index (χ0v) is 40.8. The summed E-state index contributed by atoms with van der Waals surface area (Å²) in [7, 11) is 0. The van der Waals surface area contributed by atoms with Gasteiger partial charge in [-0.05, 0) is 143 Å². The first-order valence-electron chi connectivity index (χ1n) is 26.4. The number of rotatable bonds is 9. The number of nitrogens with zero attached hydrogens (tertiary/aromatic N) is 2. The molecular formula is C67H58N2O2. The van der Waals surface area contributed by atoms with E-state index >= 15 is 0 Å². The van der Waals surface area contributed by atoms with Gasteiger partial charge in [0.15, 0.2) is 11.2 Å². The molecular weight excluding hydrogens is 865 g/mol. The van der Waals surface area contributed by atoms with Crippen molar-refractivity contribution in [1.29, 1.82) is 0 Å². The molecule has 4 nitrogen and oxygen atoms in total. The first-order valence-corrected chi connectivity index (χ1v) is 26.4. The van der Waals surface area contributed by atoms with Gasteiger partial charge in [0.05, 0.1) is 22.7 Å². The molecule has 0 radical (unpaired) electrons. The van der Waals surface area contributed by atoms with Gasteiger partial charge in [-0.15, -0.1) is 0 Å². The third kappa shape index (κ3) is 6.85. The molecule has 348 valence electrons. The molecule has 0 N–H and O–H groups in total. The Hall–Kier alpha value is -7.56. The summed E-state index contributed by atoms with van der Waals surface area (Å²) in [6.07, 6.45) is 14.0. The lowest BCUT2D eigenvalue weighted by Gasteiger charge is -2.30. The number of fused-ring (bicyclic) bond motifs is 6. The molecule has 2 aliphatic rings. The van der Waals surface area contributed by atoms with Crippen molar-refractivity contribution in [2.24, 2.45) is 0 Å². The Balaban J connectivity index is 0.992. The van der Waals surface area contributed by atoms with E-state index in [1.807, 2.05) is 0 Å². The molecule has 2 aliphatic carbocycles. The van der Waals surface area contributed by atoms with E-state index in [0.29, 0.717) is 11.8 Å². The first kappa shape index (κ1) is 42.3. The number of hydrogen-bond acceptors (Lipinski definition) is 4. The number of furan rings is 2. The second-order valence-electron chi connectivity index (χ2n) is 20.7. The Kier molecular flexibility index (Phi) is 10.2. The molecule has 10 aromatic carbocycles. The maximum atomic E-state index is 7.04. The lowest BCUT2D eigenvalue weighted by atomic mass is 9.84. The van der Waals surface area contributed by atoms with Crippen molar-refractivity contribution in [3.8, 4) is 0 Å². The highest BCUT2D eigenvalue weighted by Crippen LogP contribution is 2.51. The SMILES string of the molecule is CCc1cccc2c1oc1c(N(c3ccc(C4CCCCC4)cc3)c3ccc4ccc5c(N(c6ccc(C7CCCCC7)cc6)c6cccc7c6oc6c(C)cccc67)ccc6ccc3c4c65)cccc12. The van der Waals surface area contributed by atoms with Crippen LogP contribution in [0.1, 0.15) is 105 Å². The van der Waals surface area contributed by atoms with Gasteiger partial charge in [0, 0.05) is 43.7 Å². The van der Waals surface area contributed by atoms with Gasteiger partial charge in [0.25, 0.3) is 0 Å². The first-order chi connectivity index (χ1) is 35.1. The van der Waals surface area contributed by atoms with E-state index in [9.17, 15) is 0 Å². The molecule has 71 heavy (non-hydrogen) atoms. The number of benzene rings is 10. The molecule has 12 aromatic rings. The summed E-state index contributed by atoms with van der Waals surface area (Å²) in [6, 6.07) is 64.1. The van der Waals surface area contributed by atoms with E-state index in [4.69, 9.17) is 8.83 Å². The zero-order valence-electron chi connectivity index (χ0n) is 40.8. The summed E-state index contributed by atoms with van der Waals surface area (Å²) in [5.41, 5.74) is 15.6. The maximum Gasteiger partial charge on any atom is 0.159 e. The van der Waals surface area contributed by atoms with E-state index in [-0.39, 0.29) is 0 Å². The van der Waals surface area contributed by atoms with Crippen molar-refractivity contribution in [3.63, 3.8) is 0 Å². The van der Waals surface area contributed by atoms with Crippen LogP contribution in [0.3, 0.4) is 0 Å². The van der Waals surface area contributed by atoms with Gasteiger partial charge in [-0.1, -0.05) is 167 Å². The van der Waals surface area contributed by atoms with Crippen LogP contribution in [0.15, 0.2) is 179 Å². The van der Waals surface area contributed by atoms with Crippen molar-refractivity contribution in [2.75, 3.05) is 9.80 Å². The minimum Gasteiger partial charge on any atom is -0.454 e. The van der Waals surface area contributed by atoms with Crippen LogP contribution in [-0.4, -0.2) is 0 Å². The third-order valence-electron chi connectivity index (χ3n) is 16.7. The van der Waals surface area contributed by atoms with E-state index < -0.39 is 0 Å². The molecule has 2 saturated carbocycles. The fraction of sp³-hybridized carbons (Fsp3) is 0.224. The molecule has 4 heteroatoms. The van der Waals surface area contributed by atoms with Crippen molar-refractivity contribution in [2.45, 2.75) is 96.3 Å². The minimum atomic E-state index is 0.624. The lowest BCUT2D eigenvalue weighted by molar-refractivity contribution is 0.443. The van der Waals surface area contributed by atoms with Crippen LogP contribution >= 0.6 is 0 Å². The monoisotopic (exact) mass is 922 g/mol. The average molecular weight is 923 g/mol. The second kappa shape index (κ2) is 17.1. The second-order valence-corrected chi connectivity index (χ2v) is 20.7. The Morgan fingerprint density at radius 1 is 0.380 bits per heavy atom. The highest BCUT2D eigenvalue weighted by atomic mass is 16.3. The Morgan fingerprint density at radius 2 is 0.803 bits per heavy atom. The van der Waals surface area contributed by atoms with Crippen LogP contribution in [0.2, 0.25) is 0 Å². The van der Waals surface area contributed by atoms with Crippen LogP contribution in [0.4, 0.5) is 34.1 Å². The van der Waals surface area contributed by atoms with Gasteiger partial charge in [0.1, 0.15) is 11.2 Å². The fourth-order valence-electron chi connectivity index (χ4n) is 13.1. The van der Waals surface area contributed by atoms with Crippen LogP contribution in [0, 0.1) is 6.92 Å². The van der Waals surface area contributed by atoms with Crippen LogP contribution in [-0.2, 0) is 6.42 Å². The summed E-state index contributed by atoms with van der Waals surface area (Å²) >= 11 is 0. The molecule has 0 spiro atoms. The predicted octanol–water partition coefficient (Wildman–Crippen LogP) is 20.3. The van der Waals surface area contributed by atoms with Gasteiger partial charge >= 0.3 is 0 Å². The van der Waals surface area contributed by atoms with Crippen LogP contribution < -0.4 is 9.80 Å². The van der Waals surface area contributed by atoms with E-state index in [0.717, 1.165) is 84.6 Å². The summed E-state index contributed by atoms with van der Waals surface area (Å²) in [5.74, 6) is 1.25. The highest BCUT2D eigenvalue weighted by Gasteiger charge is 2.27. The molecule has 0 atom stereocenters. The summed E-state index contributed by atoms with van der Waals surface area (Å²) in [6.45, 7) is 4.36. The molecule has 14 rings (SSSR count). The largest absolute Gasteiger partial charge is 0.454 e. The molecule has 2 aromatic heterocycles. The summed E-state index contributed by atoms with van der Waals surface area (Å²) < 4.78 is 14.0. The minimum absolute atomic E-state index is 0.624. The van der Waals surface area contributed by atoms with Crippen LogP contribution in [0.5, 0.6) is 0 Å². The Labute approximate surface area is 415 Å². The van der Waals surface area contributed by atoms with Gasteiger partial charge in [-0.25, -0.2) is 0 Å². The van der Waals surface area contributed by atoms with Gasteiger partial charge in [-0.3, -0.25) is 0 Å². The molecule has 0 unspecified atom stereocenters. The molecule has 0 amide bonds. The standard InChI is InChI=1S/C67H58N2O2/c1-3-43-19-11-21-53-55-23-13-25-61(67(55)71-65(43)53)69(51-36-28-47(29-37-51)45-17-8-5-9-18-45)59-41-33-49-30-38-56-58(40-32-48-31-39-57(59)63(49)62(48)56)68(50-34-26-46(27-35-50)44-15-6-4-7-16-44)60-24-12-22-54-52-20-10-14-42(2)64(52)70-66(54)60/h10-14,19-41,44-45H,3-9,15-18H2,1-2H3. The normalized spacial score (nSPS) is 15.1. The summed E-state index contributed by atoms with van der Waals surface area (Å²) in [4.78, 5) is 4.93. The number of para-hydroxylation sites is 4. The van der Waals surface area contributed by atoms with E-state index in [1.165, 1.54) is 119 Å². The molecule has 0 saturated heterocycles. The fourth-order valence-corrected chi connectivity index (χ4v) is 13.1. The molecule has 2 heterocycles. The zero-order chi connectivity index (χ0) is 47.2. The number of aryl methyl sites for hydroxylation is 2. The lowest BCUT2D eigenvalue weighted by Crippen LogP contribution is -2.12. The number of anilines is 6. The summed E-state index contributed by atoms with van der Waals surface area (Å²) in [5, 5.41) is 12.0. The van der Waals surface area contributed by atoms with E-state index in [1.54, 1.807) is 0 Å². The molecule has 0 aliphatic heterocycles. The van der Waals surface area contributed by atoms with Gasteiger partial charge in [-0.2, -0.15) is 0 Å². The third-order valence-corrected chi connectivity index (χ3v) is 16.7.